The van der Waals surface area contributed by atoms with Crippen LogP contribution in [0.3, 0.4) is 0 Å². The molecule has 0 amide bonds. The van der Waals surface area contributed by atoms with Crippen LogP contribution in [-0.4, -0.2) is 32.1 Å². The molecular weight excluding hydrogens is 226 g/mol. The zero-order chi connectivity index (χ0) is 13.7. The average Bonchev–Trinajstić information content (AvgIpc) is 2.32. The number of ether oxygens (including phenoxy) is 1. The van der Waals surface area contributed by atoms with Gasteiger partial charge in [0.15, 0.2) is 0 Å². The number of rotatable bonds is 6. The number of nitrogens with zero attached hydrogens (tertiary/aromatic N) is 1. The monoisotopic (exact) mass is 249 g/mol. The number of benzene rings is 1. The van der Waals surface area contributed by atoms with E-state index in [0.29, 0.717) is 6.61 Å². The Balaban J connectivity index is 3.16. The lowest BCUT2D eigenvalue weighted by atomic mass is 10.1. The van der Waals surface area contributed by atoms with Crippen molar-refractivity contribution in [3.05, 3.63) is 29.3 Å². The molecule has 0 heterocycles. The minimum absolute atomic E-state index is 0.108. The van der Waals surface area contributed by atoms with Gasteiger partial charge in [-0.2, -0.15) is 0 Å². The molecule has 4 nitrogen and oxygen atoms in total. The molecule has 0 aromatic heterocycles. The maximum Gasteiger partial charge on any atom is 0.124 e. The molecule has 0 radical (unpaired) electrons. The van der Waals surface area contributed by atoms with Crippen molar-refractivity contribution in [1.29, 1.82) is 5.41 Å². The second-order valence-corrected chi connectivity index (χ2v) is 4.52. The van der Waals surface area contributed by atoms with Gasteiger partial charge in [-0.1, -0.05) is 11.6 Å². The molecule has 0 spiro atoms. The van der Waals surface area contributed by atoms with E-state index in [4.69, 9.17) is 15.9 Å². The summed E-state index contributed by atoms with van der Waals surface area (Å²) in [6.45, 7) is 7.71. The first-order chi connectivity index (χ1) is 8.51. The van der Waals surface area contributed by atoms with Crippen molar-refractivity contribution in [2.75, 3.05) is 25.2 Å². The summed E-state index contributed by atoms with van der Waals surface area (Å²) in [6, 6.07) is 6.28. The first kappa shape index (κ1) is 14.5. The van der Waals surface area contributed by atoms with Gasteiger partial charge in [0.1, 0.15) is 5.84 Å². The van der Waals surface area contributed by atoms with Gasteiger partial charge in [0.25, 0.3) is 0 Å². The van der Waals surface area contributed by atoms with Crippen LogP contribution in [0.1, 0.15) is 25.0 Å². The van der Waals surface area contributed by atoms with Crippen molar-refractivity contribution in [3.8, 4) is 0 Å². The van der Waals surface area contributed by atoms with Crippen LogP contribution in [0.2, 0.25) is 0 Å². The molecule has 1 aromatic carbocycles. The molecule has 4 heteroatoms. The highest BCUT2D eigenvalue weighted by Crippen LogP contribution is 2.23. The number of hydrogen-bond acceptors (Lipinski definition) is 3. The van der Waals surface area contributed by atoms with Crippen LogP contribution < -0.4 is 10.6 Å². The summed E-state index contributed by atoms with van der Waals surface area (Å²) >= 11 is 0. The lowest BCUT2D eigenvalue weighted by Crippen LogP contribution is -2.37. The number of methoxy groups -OCH3 is 1. The van der Waals surface area contributed by atoms with Crippen LogP contribution in [-0.2, 0) is 4.74 Å². The van der Waals surface area contributed by atoms with Crippen molar-refractivity contribution in [2.45, 2.75) is 26.8 Å². The van der Waals surface area contributed by atoms with E-state index in [1.165, 1.54) is 0 Å². The molecule has 0 saturated heterocycles. The highest BCUT2D eigenvalue weighted by atomic mass is 16.5. The van der Waals surface area contributed by atoms with E-state index in [2.05, 4.69) is 18.7 Å². The van der Waals surface area contributed by atoms with Gasteiger partial charge in [-0.25, -0.2) is 0 Å². The Morgan fingerprint density at radius 1 is 1.50 bits per heavy atom. The smallest absolute Gasteiger partial charge is 0.124 e. The number of likely N-dealkylation sites (N-methyl/N-ethyl adjacent to an activating group) is 1. The Morgan fingerprint density at radius 2 is 2.17 bits per heavy atom. The lowest BCUT2D eigenvalue weighted by Gasteiger charge is -2.31. The lowest BCUT2D eigenvalue weighted by molar-refractivity contribution is 0.182. The quantitative estimate of drug-likeness (QED) is 0.600. The summed E-state index contributed by atoms with van der Waals surface area (Å²) in [5.74, 6) is 0.108. The van der Waals surface area contributed by atoms with Crippen molar-refractivity contribution < 1.29 is 4.74 Å². The summed E-state index contributed by atoms with van der Waals surface area (Å²) in [4.78, 5) is 2.21. The summed E-state index contributed by atoms with van der Waals surface area (Å²) < 4.78 is 5.21. The fourth-order valence-electron chi connectivity index (χ4n) is 2.17. The van der Waals surface area contributed by atoms with Gasteiger partial charge in [0, 0.05) is 30.9 Å². The highest BCUT2D eigenvalue weighted by Gasteiger charge is 2.17. The Bertz CT molecular complexity index is 418. The van der Waals surface area contributed by atoms with Crippen LogP contribution >= 0.6 is 0 Å². The molecule has 3 N–H and O–H groups in total. The molecular formula is C14H23N3O. The van der Waals surface area contributed by atoms with E-state index in [9.17, 15) is 0 Å². The van der Waals surface area contributed by atoms with Crippen LogP contribution in [0.25, 0.3) is 0 Å². The molecule has 100 valence electrons. The van der Waals surface area contributed by atoms with Gasteiger partial charge < -0.3 is 15.4 Å². The van der Waals surface area contributed by atoms with Crippen LogP contribution in [0.4, 0.5) is 5.69 Å². The number of hydrogen-bond donors (Lipinski definition) is 2. The van der Waals surface area contributed by atoms with Gasteiger partial charge in [-0.05, 0) is 32.9 Å². The minimum atomic E-state index is 0.108. The molecule has 0 aliphatic rings. The number of aryl methyl sites for hydroxylation is 1. The summed E-state index contributed by atoms with van der Waals surface area (Å²) in [5, 5.41) is 7.70. The van der Waals surface area contributed by atoms with Crippen molar-refractivity contribution in [3.63, 3.8) is 0 Å². The van der Waals surface area contributed by atoms with Crippen molar-refractivity contribution >= 4 is 11.5 Å². The number of anilines is 1. The Hall–Kier alpha value is -1.55. The Kier molecular flexibility index (Phi) is 5.16. The summed E-state index contributed by atoms with van der Waals surface area (Å²) in [6.07, 6.45) is 0. The molecule has 18 heavy (non-hydrogen) atoms. The predicted octanol–water partition coefficient (Wildman–Crippen LogP) is 2.14. The van der Waals surface area contributed by atoms with Crippen molar-refractivity contribution in [2.24, 2.45) is 5.73 Å². The maximum atomic E-state index is 7.70. The molecule has 1 rings (SSSR count). The summed E-state index contributed by atoms with van der Waals surface area (Å²) in [5.41, 5.74) is 8.58. The molecule has 1 unspecified atom stereocenters. The molecule has 0 aliphatic carbocycles. The summed E-state index contributed by atoms with van der Waals surface area (Å²) in [7, 11) is 1.70. The Labute approximate surface area is 109 Å². The topological polar surface area (TPSA) is 62.3 Å². The van der Waals surface area contributed by atoms with Gasteiger partial charge in [-0.15, -0.1) is 0 Å². The van der Waals surface area contributed by atoms with Gasteiger partial charge in [0.2, 0.25) is 0 Å². The molecule has 0 saturated carbocycles. The number of nitrogens with two attached hydrogens (primary N) is 1. The molecule has 1 aromatic rings. The molecule has 0 fully saturated rings. The first-order valence-electron chi connectivity index (χ1n) is 6.21. The van der Waals surface area contributed by atoms with Crippen LogP contribution in [0.5, 0.6) is 0 Å². The van der Waals surface area contributed by atoms with Gasteiger partial charge in [0.05, 0.1) is 6.61 Å². The third kappa shape index (κ3) is 3.23. The maximum absolute atomic E-state index is 7.70. The second kappa shape index (κ2) is 6.40. The molecule has 0 bridgehead atoms. The zero-order valence-corrected chi connectivity index (χ0v) is 11.7. The zero-order valence-electron chi connectivity index (χ0n) is 11.7. The largest absolute Gasteiger partial charge is 0.384 e. The number of nitrogen functional groups attached to an aromatic ring is 1. The van der Waals surface area contributed by atoms with Gasteiger partial charge in [-0.3, -0.25) is 5.41 Å². The van der Waals surface area contributed by atoms with E-state index in [0.717, 1.165) is 23.4 Å². The predicted molar refractivity (Wildman–Crippen MR) is 76.6 cm³/mol. The van der Waals surface area contributed by atoms with E-state index in [1.807, 2.05) is 25.1 Å². The number of nitrogens with one attached hydrogen (secondary N) is 1. The van der Waals surface area contributed by atoms with Crippen LogP contribution in [0.15, 0.2) is 18.2 Å². The van der Waals surface area contributed by atoms with Gasteiger partial charge >= 0.3 is 0 Å². The first-order valence-corrected chi connectivity index (χ1v) is 6.21. The second-order valence-electron chi connectivity index (χ2n) is 4.52. The highest BCUT2D eigenvalue weighted by molar-refractivity contribution is 6.00. The minimum Gasteiger partial charge on any atom is -0.384 e. The van der Waals surface area contributed by atoms with Crippen LogP contribution in [0, 0.1) is 12.3 Å². The standard InChI is InChI=1S/C14H23N3O/c1-5-17(11(3)9-18-4)13-7-6-10(2)8-12(13)14(15)16/h6-8,11H,5,9H2,1-4H3,(H3,15,16). The normalized spacial score (nSPS) is 12.2. The third-order valence-corrected chi connectivity index (χ3v) is 3.03. The Morgan fingerprint density at radius 3 is 2.67 bits per heavy atom. The fraction of sp³-hybridized carbons (Fsp3) is 0.500. The van der Waals surface area contributed by atoms with Crippen molar-refractivity contribution in [1.82, 2.24) is 0 Å². The van der Waals surface area contributed by atoms with E-state index >= 15 is 0 Å². The fourth-order valence-corrected chi connectivity index (χ4v) is 2.17. The average molecular weight is 249 g/mol. The number of amidine groups is 1. The van der Waals surface area contributed by atoms with E-state index in [1.54, 1.807) is 7.11 Å². The molecule has 1 atom stereocenters. The molecule has 0 aliphatic heterocycles. The van der Waals surface area contributed by atoms with E-state index < -0.39 is 0 Å². The third-order valence-electron chi connectivity index (χ3n) is 3.03. The SMILES string of the molecule is CCN(c1ccc(C)cc1C(=N)N)C(C)COC. The van der Waals surface area contributed by atoms with E-state index in [-0.39, 0.29) is 11.9 Å².